The maximum absolute atomic E-state index is 5.40. The quantitative estimate of drug-likeness (QED) is 0.520. The van der Waals surface area contributed by atoms with E-state index >= 15 is 0 Å². The Hall–Kier alpha value is -0.870. The number of hydrogen-bond donors (Lipinski definition) is 2. The summed E-state index contributed by atoms with van der Waals surface area (Å²) >= 11 is 0. The Morgan fingerprint density at radius 3 is 2.92 bits per heavy atom. The van der Waals surface area contributed by atoms with E-state index in [1.54, 1.807) is 0 Å². The van der Waals surface area contributed by atoms with Crippen molar-refractivity contribution in [2.24, 2.45) is 5.84 Å². The van der Waals surface area contributed by atoms with Gasteiger partial charge >= 0.3 is 0 Å². The summed E-state index contributed by atoms with van der Waals surface area (Å²) in [6, 6.07) is 0.327. The van der Waals surface area contributed by atoms with Crippen LogP contribution in [-0.4, -0.2) is 15.6 Å². The van der Waals surface area contributed by atoms with Crippen molar-refractivity contribution >= 4 is 0 Å². The largest absolute Gasteiger partial charge is 0.335 e. The molecule has 0 bridgehead atoms. The molecule has 1 unspecified atom stereocenters. The molecule has 3 N–H and O–H groups in total. The molecule has 0 aliphatic carbocycles. The van der Waals surface area contributed by atoms with Gasteiger partial charge in [-0.15, -0.1) is 0 Å². The lowest BCUT2D eigenvalue weighted by Gasteiger charge is -2.13. The molecule has 1 rings (SSSR count). The zero-order valence-electron chi connectivity index (χ0n) is 8.33. The number of nitrogens with two attached hydrogens (primary N) is 1. The standard InChI is InChI=1S/C9H18N4/c1-3-8(12-10)7-9-11-5-6-13(9)4-2/h5-6,8,12H,3-4,7,10H2,1-2H3. The lowest BCUT2D eigenvalue weighted by Crippen LogP contribution is -2.36. The SMILES string of the molecule is CCC(Cc1nccn1CC)NN. The number of nitrogens with one attached hydrogen (secondary N) is 1. The predicted octanol–water partition coefficient (Wildman–Crippen LogP) is 0.687. The van der Waals surface area contributed by atoms with Crippen LogP contribution in [0.3, 0.4) is 0 Å². The van der Waals surface area contributed by atoms with Gasteiger partial charge in [-0.25, -0.2) is 4.98 Å². The fraction of sp³-hybridized carbons (Fsp3) is 0.667. The normalized spacial score (nSPS) is 13.2. The van der Waals surface area contributed by atoms with Crippen LogP contribution in [0, 0.1) is 0 Å². The van der Waals surface area contributed by atoms with E-state index in [2.05, 4.69) is 28.8 Å². The number of hydrogen-bond acceptors (Lipinski definition) is 3. The van der Waals surface area contributed by atoms with Gasteiger partial charge in [-0.3, -0.25) is 11.3 Å². The highest BCUT2D eigenvalue weighted by Crippen LogP contribution is 2.03. The first-order valence-electron chi connectivity index (χ1n) is 4.77. The maximum atomic E-state index is 5.40. The number of aryl methyl sites for hydroxylation is 1. The number of rotatable bonds is 5. The number of aromatic nitrogens is 2. The first-order chi connectivity index (χ1) is 6.31. The van der Waals surface area contributed by atoms with Crippen LogP contribution in [0.5, 0.6) is 0 Å². The summed E-state index contributed by atoms with van der Waals surface area (Å²) in [5.41, 5.74) is 2.79. The van der Waals surface area contributed by atoms with E-state index in [9.17, 15) is 0 Å². The molecular weight excluding hydrogens is 164 g/mol. The molecule has 0 amide bonds. The second-order valence-corrected chi connectivity index (χ2v) is 3.11. The summed E-state index contributed by atoms with van der Waals surface area (Å²) in [6.45, 7) is 5.20. The topological polar surface area (TPSA) is 55.9 Å². The van der Waals surface area contributed by atoms with Gasteiger partial charge in [0.2, 0.25) is 0 Å². The van der Waals surface area contributed by atoms with Crippen molar-refractivity contribution in [3.63, 3.8) is 0 Å². The van der Waals surface area contributed by atoms with Crippen molar-refractivity contribution in [3.05, 3.63) is 18.2 Å². The van der Waals surface area contributed by atoms with Crippen molar-refractivity contribution in [2.75, 3.05) is 0 Å². The lowest BCUT2D eigenvalue weighted by atomic mass is 10.1. The highest BCUT2D eigenvalue weighted by Gasteiger charge is 2.08. The predicted molar refractivity (Wildman–Crippen MR) is 53.0 cm³/mol. The molecule has 4 nitrogen and oxygen atoms in total. The van der Waals surface area contributed by atoms with E-state index in [4.69, 9.17) is 5.84 Å². The van der Waals surface area contributed by atoms with Gasteiger partial charge in [-0.1, -0.05) is 6.92 Å². The number of imidazole rings is 1. The van der Waals surface area contributed by atoms with E-state index in [0.29, 0.717) is 6.04 Å². The van der Waals surface area contributed by atoms with Crippen molar-refractivity contribution in [3.8, 4) is 0 Å². The second-order valence-electron chi connectivity index (χ2n) is 3.11. The van der Waals surface area contributed by atoms with Gasteiger partial charge in [0, 0.05) is 31.4 Å². The molecule has 0 aromatic carbocycles. The Bertz CT molecular complexity index is 240. The van der Waals surface area contributed by atoms with Crippen LogP contribution in [0.4, 0.5) is 0 Å². The Balaban J connectivity index is 2.61. The Kier molecular flexibility index (Phi) is 3.92. The summed E-state index contributed by atoms with van der Waals surface area (Å²) in [5.74, 6) is 6.51. The molecule has 0 fully saturated rings. The minimum atomic E-state index is 0.327. The molecule has 0 saturated carbocycles. The average Bonchev–Trinajstić information content (AvgIpc) is 2.61. The zero-order chi connectivity index (χ0) is 9.68. The zero-order valence-corrected chi connectivity index (χ0v) is 8.33. The summed E-state index contributed by atoms with van der Waals surface area (Å²) in [4.78, 5) is 4.29. The molecule has 13 heavy (non-hydrogen) atoms. The first kappa shape index (κ1) is 10.2. The third-order valence-electron chi connectivity index (χ3n) is 2.30. The fourth-order valence-corrected chi connectivity index (χ4v) is 1.36. The molecule has 0 radical (unpaired) electrons. The van der Waals surface area contributed by atoms with Gasteiger partial charge < -0.3 is 4.57 Å². The molecule has 4 heteroatoms. The van der Waals surface area contributed by atoms with Crippen LogP contribution < -0.4 is 11.3 Å². The third-order valence-corrected chi connectivity index (χ3v) is 2.30. The van der Waals surface area contributed by atoms with Gasteiger partial charge in [-0.05, 0) is 13.3 Å². The summed E-state index contributed by atoms with van der Waals surface area (Å²) < 4.78 is 2.14. The molecular formula is C9H18N4. The van der Waals surface area contributed by atoms with Gasteiger partial charge in [0.05, 0.1) is 0 Å². The Labute approximate surface area is 79.1 Å². The van der Waals surface area contributed by atoms with Crippen LogP contribution in [0.2, 0.25) is 0 Å². The highest BCUT2D eigenvalue weighted by molar-refractivity contribution is 4.94. The van der Waals surface area contributed by atoms with Crippen LogP contribution in [0.15, 0.2) is 12.4 Å². The van der Waals surface area contributed by atoms with Crippen LogP contribution in [0.1, 0.15) is 26.1 Å². The molecule has 0 spiro atoms. The smallest absolute Gasteiger partial charge is 0.110 e. The fourth-order valence-electron chi connectivity index (χ4n) is 1.36. The van der Waals surface area contributed by atoms with E-state index < -0.39 is 0 Å². The second kappa shape index (κ2) is 4.99. The monoisotopic (exact) mass is 182 g/mol. The lowest BCUT2D eigenvalue weighted by molar-refractivity contribution is 0.489. The minimum absolute atomic E-state index is 0.327. The molecule has 1 aromatic rings. The highest BCUT2D eigenvalue weighted by atomic mass is 15.2. The van der Waals surface area contributed by atoms with Crippen molar-refractivity contribution < 1.29 is 0 Å². The molecule has 0 saturated heterocycles. The molecule has 0 aliphatic heterocycles. The molecule has 1 atom stereocenters. The van der Waals surface area contributed by atoms with Crippen molar-refractivity contribution in [2.45, 2.75) is 39.3 Å². The summed E-state index contributed by atoms with van der Waals surface area (Å²) in [7, 11) is 0. The Morgan fingerprint density at radius 2 is 2.38 bits per heavy atom. The summed E-state index contributed by atoms with van der Waals surface area (Å²) in [5, 5.41) is 0. The molecule has 74 valence electrons. The van der Waals surface area contributed by atoms with Crippen LogP contribution >= 0.6 is 0 Å². The van der Waals surface area contributed by atoms with E-state index in [1.807, 2.05) is 12.4 Å². The van der Waals surface area contributed by atoms with E-state index in [1.165, 1.54) is 0 Å². The first-order valence-corrected chi connectivity index (χ1v) is 4.77. The number of hydrazine groups is 1. The minimum Gasteiger partial charge on any atom is -0.335 e. The van der Waals surface area contributed by atoms with Crippen LogP contribution in [0.25, 0.3) is 0 Å². The molecule has 0 aliphatic rings. The average molecular weight is 182 g/mol. The van der Waals surface area contributed by atoms with Crippen LogP contribution in [-0.2, 0) is 13.0 Å². The summed E-state index contributed by atoms with van der Waals surface area (Å²) in [6.07, 6.45) is 5.75. The van der Waals surface area contributed by atoms with E-state index in [-0.39, 0.29) is 0 Å². The van der Waals surface area contributed by atoms with Gasteiger partial charge in [0.25, 0.3) is 0 Å². The number of nitrogens with zero attached hydrogens (tertiary/aromatic N) is 2. The van der Waals surface area contributed by atoms with Crippen molar-refractivity contribution in [1.29, 1.82) is 0 Å². The molecule has 1 heterocycles. The maximum Gasteiger partial charge on any atom is 0.110 e. The van der Waals surface area contributed by atoms with Crippen molar-refractivity contribution in [1.82, 2.24) is 15.0 Å². The van der Waals surface area contributed by atoms with Gasteiger partial charge in [0.15, 0.2) is 0 Å². The Morgan fingerprint density at radius 1 is 1.62 bits per heavy atom. The van der Waals surface area contributed by atoms with Gasteiger partial charge in [0.1, 0.15) is 5.82 Å². The van der Waals surface area contributed by atoms with Gasteiger partial charge in [-0.2, -0.15) is 0 Å². The van der Waals surface area contributed by atoms with E-state index in [0.717, 1.165) is 25.2 Å². The molecule has 1 aromatic heterocycles. The third kappa shape index (κ3) is 2.54.